The van der Waals surface area contributed by atoms with Gasteiger partial charge < -0.3 is 4.74 Å². The van der Waals surface area contributed by atoms with Gasteiger partial charge in [-0.05, 0) is 35.4 Å². The van der Waals surface area contributed by atoms with Crippen molar-refractivity contribution in [2.24, 2.45) is 0 Å². The molecule has 0 aliphatic rings. The average molecular weight is 242 g/mol. The third-order valence-corrected chi connectivity index (χ3v) is 2.99. The summed E-state index contributed by atoms with van der Waals surface area (Å²) in [6.07, 6.45) is 4.37. The largest absolute Gasteiger partial charge is 0.494 e. The van der Waals surface area contributed by atoms with Gasteiger partial charge >= 0.3 is 0 Å². The van der Waals surface area contributed by atoms with Crippen LogP contribution in [0.3, 0.4) is 0 Å². The molecule has 0 bridgehead atoms. The predicted molar refractivity (Wildman–Crippen MR) is 74.4 cm³/mol. The van der Waals surface area contributed by atoms with Gasteiger partial charge in [0.05, 0.1) is 6.61 Å². The number of aldehydes is 1. The van der Waals surface area contributed by atoms with Crippen LogP contribution in [0.15, 0.2) is 36.4 Å². The molecule has 0 heterocycles. The Kier molecular flexibility index (Phi) is 4.35. The molecular formula is C16H18O2. The van der Waals surface area contributed by atoms with Crippen LogP contribution in [0.1, 0.15) is 36.5 Å². The molecule has 0 radical (unpaired) electrons. The highest BCUT2D eigenvalue weighted by molar-refractivity contribution is 5.89. The maximum atomic E-state index is 10.7. The number of hydrogen-bond acceptors (Lipinski definition) is 2. The van der Waals surface area contributed by atoms with E-state index in [4.69, 9.17) is 4.74 Å². The lowest BCUT2D eigenvalue weighted by Gasteiger charge is -2.07. The molecule has 0 aliphatic heterocycles. The molecule has 2 aromatic rings. The number of carbonyl (C=O) groups is 1. The highest BCUT2D eigenvalue weighted by Gasteiger charge is 1.99. The molecule has 2 nitrogen and oxygen atoms in total. The molecule has 2 aromatic carbocycles. The maximum absolute atomic E-state index is 10.7. The molecule has 2 heteroatoms. The molecule has 0 fully saturated rings. The predicted octanol–water partition coefficient (Wildman–Crippen LogP) is 4.22. The molecule has 0 aliphatic carbocycles. The van der Waals surface area contributed by atoms with Crippen molar-refractivity contribution >= 4 is 17.1 Å². The maximum Gasteiger partial charge on any atom is 0.150 e. The molecule has 0 spiro atoms. The molecule has 0 unspecified atom stereocenters. The Morgan fingerprint density at radius 1 is 1.06 bits per heavy atom. The highest BCUT2D eigenvalue weighted by Crippen LogP contribution is 2.21. The summed E-state index contributed by atoms with van der Waals surface area (Å²) < 4.78 is 5.70. The lowest BCUT2D eigenvalue weighted by molar-refractivity contribution is 0.112. The van der Waals surface area contributed by atoms with Crippen LogP contribution in [0.5, 0.6) is 5.75 Å². The molecule has 0 amide bonds. The second-order valence-electron chi connectivity index (χ2n) is 4.44. The smallest absolute Gasteiger partial charge is 0.150 e. The Balaban J connectivity index is 2.10. The number of fused-ring (bicyclic) bond motifs is 1. The van der Waals surface area contributed by atoms with E-state index in [1.165, 1.54) is 12.8 Å². The van der Waals surface area contributed by atoms with E-state index >= 15 is 0 Å². The summed E-state index contributed by atoms with van der Waals surface area (Å²) >= 11 is 0. The van der Waals surface area contributed by atoms with Crippen molar-refractivity contribution < 1.29 is 9.53 Å². The summed E-state index contributed by atoms with van der Waals surface area (Å²) in [5, 5.41) is 2.18. The quantitative estimate of drug-likeness (QED) is 0.560. The van der Waals surface area contributed by atoms with E-state index < -0.39 is 0 Å². The fraction of sp³-hybridized carbons (Fsp3) is 0.312. The lowest BCUT2D eigenvalue weighted by Crippen LogP contribution is -1.96. The van der Waals surface area contributed by atoms with Gasteiger partial charge in [-0.2, -0.15) is 0 Å². The molecule has 0 aromatic heterocycles. The van der Waals surface area contributed by atoms with Crippen LogP contribution < -0.4 is 4.74 Å². The molecular weight excluding hydrogens is 224 g/mol. The Labute approximate surface area is 108 Å². The van der Waals surface area contributed by atoms with Crippen molar-refractivity contribution in [2.45, 2.75) is 26.2 Å². The van der Waals surface area contributed by atoms with Crippen LogP contribution in [0, 0.1) is 0 Å². The topological polar surface area (TPSA) is 26.3 Å². The minimum absolute atomic E-state index is 0.708. The molecule has 2 rings (SSSR count). The summed E-state index contributed by atoms with van der Waals surface area (Å²) in [7, 11) is 0. The van der Waals surface area contributed by atoms with E-state index in [2.05, 4.69) is 6.92 Å². The normalized spacial score (nSPS) is 10.5. The van der Waals surface area contributed by atoms with E-state index in [9.17, 15) is 4.79 Å². The summed E-state index contributed by atoms with van der Waals surface area (Å²) in [4.78, 5) is 10.7. The lowest BCUT2D eigenvalue weighted by atomic mass is 10.1. The molecule has 0 saturated heterocycles. The fourth-order valence-corrected chi connectivity index (χ4v) is 1.95. The number of carbonyl (C=O) groups excluding carboxylic acids is 1. The van der Waals surface area contributed by atoms with E-state index in [0.717, 1.165) is 35.8 Å². The first-order chi connectivity index (χ1) is 8.83. The first-order valence-corrected chi connectivity index (χ1v) is 6.45. The SMILES string of the molecule is CCCCCOc1ccc2cc(C=O)ccc2c1. The highest BCUT2D eigenvalue weighted by atomic mass is 16.5. The second-order valence-corrected chi connectivity index (χ2v) is 4.44. The first kappa shape index (κ1) is 12.6. The summed E-state index contributed by atoms with van der Waals surface area (Å²) in [5.74, 6) is 0.900. The van der Waals surface area contributed by atoms with E-state index in [1.54, 1.807) is 0 Å². The summed E-state index contributed by atoms with van der Waals surface area (Å²) in [6, 6.07) is 11.7. The van der Waals surface area contributed by atoms with Crippen LogP contribution in [0.2, 0.25) is 0 Å². The van der Waals surface area contributed by atoms with Gasteiger partial charge in [0.25, 0.3) is 0 Å². The molecule has 94 valence electrons. The van der Waals surface area contributed by atoms with Crippen LogP contribution >= 0.6 is 0 Å². The molecule has 0 atom stereocenters. The molecule has 0 N–H and O–H groups in total. The number of ether oxygens (including phenoxy) is 1. The van der Waals surface area contributed by atoms with Gasteiger partial charge in [-0.3, -0.25) is 4.79 Å². The van der Waals surface area contributed by atoms with Gasteiger partial charge in [0, 0.05) is 5.56 Å². The first-order valence-electron chi connectivity index (χ1n) is 6.45. The van der Waals surface area contributed by atoms with Crippen molar-refractivity contribution in [3.05, 3.63) is 42.0 Å². The van der Waals surface area contributed by atoms with Gasteiger partial charge in [0.1, 0.15) is 12.0 Å². The zero-order chi connectivity index (χ0) is 12.8. The van der Waals surface area contributed by atoms with Crippen LogP contribution in [0.4, 0.5) is 0 Å². The van der Waals surface area contributed by atoms with E-state index in [0.29, 0.717) is 5.56 Å². The van der Waals surface area contributed by atoms with Crippen molar-refractivity contribution in [1.82, 2.24) is 0 Å². The summed E-state index contributed by atoms with van der Waals surface area (Å²) in [6.45, 7) is 2.95. The average Bonchev–Trinajstić information content (AvgIpc) is 2.43. The van der Waals surface area contributed by atoms with Crippen molar-refractivity contribution in [3.8, 4) is 5.75 Å². The monoisotopic (exact) mass is 242 g/mol. The molecule has 0 saturated carbocycles. The summed E-state index contributed by atoms with van der Waals surface area (Å²) in [5.41, 5.74) is 0.708. The van der Waals surface area contributed by atoms with Crippen LogP contribution in [-0.4, -0.2) is 12.9 Å². The van der Waals surface area contributed by atoms with Crippen molar-refractivity contribution in [1.29, 1.82) is 0 Å². The van der Waals surface area contributed by atoms with Gasteiger partial charge in [-0.25, -0.2) is 0 Å². The van der Waals surface area contributed by atoms with Crippen molar-refractivity contribution in [3.63, 3.8) is 0 Å². The van der Waals surface area contributed by atoms with E-state index in [1.807, 2.05) is 36.4 Å². The fourth-order valence-electron chi connectivity index (χ4n) is 1.95. The molecule has 18 heavy (non-hydrogen) atoms. The number of benzene rings is 2. The number of unbranched alkanes of at least 4 members (excludes halogenated alkanes) is 2. The minimum Gasteiger partial charge on any atom is -0.494 e. The Bertz CT molecular complexity index is 532. The Morgan fingerprint density at radius 2 is 1.83 bits per heavy atom. The van der Waals surface area contributed by atoms with Crippen LogP contribution in [0.25, 0.3) is 10.8 Å². The minimum atomic E-state index is 0.708. The third-order valence-electron chi connectivity index (χ3n) is 2.99. The zero-order valence-electron chi connectivity index (χ0n) is 10.7. The van der Waals surface area contributed by atoms with Gasteiger partial charge in [0.15, 0.2) is 0 Å². The Morgan fingerprint density at radius 3 is 2.61 bits per heavy atom. The van der Waals surface area contributed by atoms with Crippen LogP contribution in [-0.2, 0) is 0 Å². The Hall–Kier alpha value is -1.83. The second kappa shape index (κ2) is 6.20. The van der Waals surface area contributed by atoms with Gasteiger partial charge in [-0.15, -0.1) is 0 Å². The standard InChI is InChI=1S/C16H18O2/c1-2-3-4-9-18-16-8-7-14-10-13(12-17)5-6-15(14)11-16/h5-8,10-12H,2-4,9H2,1H3. The van der Waals surface area contributed by atoms with E-state index in [-0.39, 0.29) is 0 Å². The number of hydrogen-bond donors (Lipinski definition) is 0. The van der Waals surface area contributed by atoms with Crippen molar-refractivity contribution in [2.75, 3.05) is 6.61 Å². The van der Waals surface area contributed by atoms with Gasteiger partial charge in [-0.1, -0.05) is 38.0 Å². The zero-order valence-corrected chi connectivity index (χ0v) is 10.7. The number of rotatable bonds is 6. The third kappa shape index (κ3) is 3.10. The van der Waals surface area contributed by atoms with Gasteiger partial charge in [0.2, 0.25) is 0 Å².